The van der Waals surface area contributed by atoms with Crippen LogP contribution in [0.1, 0.15) is 50.6 Å². The van der Waals surface area contributed by atoms with Crippen molar-refractivity contribution in [2.24, 2.45) is 5.92 Å². The first-order valence-electron chi connectivity index (χ1n) is 7.25. The van der Waals surface area contributed by atoms with Crippen LogP contribution in [0.15, 0.2) is 0 Å². The van der Waals surface area contributed by atoms with Crippen LogP contribution < -0.4 is 10.6 Å². The SMILES string of the molecule is CC(C1CC1)n1nc(N2CCCCC2)c(C#N)c1N. The summed E-state index contributed by atoms with van der Waals surface area (Å²) in [5.41, 5.74) is 6.70. The van der Waals surface area contributed by atoms with Gasteiger partial charge in [0.15, 0.2) is 5.82 Å². The molecular weight excluding hydrogens is 238 g/mol. The summed E-state index contributed by atoms with van der Waals surface area (Å²) in [5.74, 6) is 2.03. The van der Waals surface area contributed by atoms with Crippen molar-refractivity contribution in [3.8, 4) is 6.07 Å². The van der Waals surface area contributed by atoms with Crippen LogP contribution in [-0.4, -0.2) is 22.9 Å². The van der Waals surface area contributed by atoms with E-state index in [1.165, 1.54) is 32.1 Å². The van der Waals surface area contributed by atoms with Crippen LogP contribution in [-0.2, 0) is 0 Å². The molecule has 1 aliphatic carbocycles. The van der Waals surface area contributed by atoms with Crippen LogP contribution in [0.2, 0.25) is 0 Å². The second-order valence-corrected chi connectivity index (χ2v) is 5.77. The minimum Gasteiger partial charge on any atom is -0.383 e. The van der Waals surface area contributed by atoms with Crippen molar-refractivity contribution in [2.75, 3.05) is 23.7 Å². The Balaban J connectivity index is 1.94. The van der Waals surface area contributed by atoms with Gasteiger partial charge >= 0.3 is 0 Å². The van der Waals surface area contributed by atoms with Crippen LogP contribution in [0.25, 0.3) is 0 Å². The largest absolute Gasteiger partial charge is 0.383 e. The molecule has 1 aromatic heterocycles. The number of hydrogen-bond acceptors (Lipinski definition) is 4. The molecule has 0 amide bonds. The van der Waals surface area contributed by atoms with Crippen LogP contribution in [0.4, 0.5) is 11.6 Å². The normalized spacial score (nSPS) is 21.2. The highest BCUT2D eigenvalue weighted by Gasteiger charge is 2.33. The quantitative estimate of drug-likeness (QED) is 0.904. The summed E-state index contributed by atoms with van der Waals surface area (Å²) in [6, 6.07) is 2.56. The molecule has 19 heavy (non-hydrogen) atoms. The van der Waals surface area contributed by atoms with Crippen molar-refractivity contribution in [1.82, 2.24) is 9.78 Å². The van der Waals surface area contributed by atoms with Crippen molar-refractivity contribution in [3.05, 3.63) is 5.56 Å². The first-order valence-corrected chi connectivity index (χ1v) is 7.25. The third kappa shape index (κ3) is 2.16. The molecule has 2 heterocycles. The molecule has 5 nitrogen and oxygen atoms in total. The lowest BCUT2D eigenvalue weighted by Gasteiger charge is -2.26. The summed E-state index contributed by atoms with van der Waals surface area (Å²) < 4.78 is 1.88. The number of aromatic nitrogens is 2. The zero-order valence-corrected chi connectivity index (χ0v) is 11.5. The van der Waals surface area contributed by atoms with Crippen molar-refractivity contribution in [3.63, 3.8) is 0 Å². The molecular formula is C14H21N5. The maximum Gasteiger partial charge on any atom is 0.170 e. The molecule has 5 heteroatoms. The van der Waals surface area contributed by atoms with Gasteiger partial charge < -0.3 is 10.6 Å². The third-order valence-corrected chi connectivity index (χ3v) is 4.39. The highest BCUT2D eigenvalue weighted by atomic mass is 15.4. The van der Waals surface area contributed by atoms with Gasteiger partial charge in [0.1, 0.15) is 17.5 Å². The molecule has 1 atom stereocenters. The van der Waals surface area contributed by atoms with Gasteiger partial charge in [-0.3, -0.25) is 0 Å². The first kappa shape index (κ1) is 12.3. The molecule has 2 fully saturated rings. The molecule has 102 valence electrons. The van der Waals surface area contributed by atoms with E-state index < -0.39 is 0 Å². The lowest BCUT2D eigenvalue weighted by molar-refractivity contribution is 0.444. The van der Waals surface area contributed by atoms with Gasteiger partial charge in [-0.1, -0.05) is 0 Å². The summed E-state index contributed by atoms with van der Waals surface area (Å²) in [4.78, 5) is 2.22. The van der Waals surface area contributed by atoms with E-state index in [1.807, 2.05) is 4.68 Å². The number of hydrogen-bond donors (Lipinski definition) is 1. The van der Waals surface area contributed by atoms with Crippen LogP contribution in [0.3, 0.4) is 0 Å². The average Bonchev–Trinajstić information content (AvgIpc) is 3.23. The Hall–Kier alpha value is -1.70. The topological polar surface area (TPSA) is 70.9 Å². The number of nitrogen functional groups attached to an aromatic ring is 1. The predicted molar refractivity (Wildman–Crippen MR) is 74.9 cm³/mol. The van der Waals surface area contributed by atoms with Crippen LogP contribution in [0.5, 0.6) is 0 Å². The summed E-state index contributed by atoms with van der Waals surface area (Å²) >= 11 is 0. The highest BCUT2D eigenvalue weighted by molar-refractivity contribution is 5.65. The van der Waals surface area contributed by atoms with Gasteiger partial charge in [-0.2, -0.15) is 10.4 Å². The van der Waals surface area contributed by atoms with E-state index in [-0.39, 0.29) is 0 Å². The fraction of sp³-hybridized carbons (Fsp3) is 0.714. The number of nitriles is 1. The van der Waals surface area contributed by atoms with E-state index >= 15 is 0 Å². The van der Waals surface area contributed by atoms with E-state index in [0.29, 0.717) is 23.3 Å². The smallest absolute Gasteiger partial charge is 0.170 e. The van der Waals surface area contributed by atoms with Gasteiger partial charge in [0.25, 0.3) is 0 Å². The van der Waals surface area contributed by atoms with Gasteiger partial charge in [-0.15, -0.1) is 0 Å². The highest BCUT2D eigenvalue weighted by Crippen LogP contribution is 2.41. The lowest BCUT2D eigenvalue weighted by atomic mass is 10.1. The maximum atomic E-state index is 9.37. The summed E-state index contributed by atoms with van der Waals surface area (Å²) in [7, 11) is 0. The molecule has 2 aliphatic rings. The Kier molecular flexibility index (Phi) is 3.09. The Morgan fingerprint density at radius 1 is 1.32 bits per heavy atom. The second-order valence-electron chi connectivity index (χ2n) is 5.77. The fourth-order valence-corrected chi connectivity index (χ4v) is 2.96. The zero-order chi connectivity index (χ0) is 13.4. The minimum atomic E-state index is 0.311. The molecule has 0 aromatic carbocycles. The van der Waals surface area contributed by atoms with Crippen LogP contribution >= 0.6 is 0 Å². The Labute approximate surface area is 114 Å². The Bertz CT molecular complexity index is 503. The van der Waals surface area contributed by atoms with E-state index in [2.05, 4.69) is 23.0 Å². The second kappa shape index (κ2) is 4.76. The van der Waals surface area contributed by atoms with Crippen molar-refractivity contribution < 1.29 is 0 Å². The number of piperidine rings is 1. The standard InChI is InChI=1S/C14H21N5/c1-10(11-5-6-11)19-13(16)12(9-15)14(17-19)18-7-3-2-4-8-18/h10-11H,2-8,16H2,1H3. The van der Waals surface area contributed by atoms with E-state index in [4.69, 9.17) is 5.73 Å². The number of nitrogens with zero attached hydrogens (tertiary/aromatic N) is 4. The Morgan fingerprint density at radius 3 is 2.58 bits per heavy atom. The van der Waals surface area contributed by atoms with Crippen molar-refractivity contribution >= 4 is 11.6 Å². The maximum absolute atomic E-state index is 9.37. The van der Waals surface area contributed by atoms with Gasteiger partial charge in [0.2, 0.25) is 0 Å². The molecule has 0 bridgehead atoms. The van der Waals surface area contributed by atoms with Gasteiger partial charge in [0, 0.05) is 13.1 Å². The Morgan fingerprint density at radius 2 is 2.00 bits per heavy atom. The molecule has 1 saturated carbocycles. The van der Waals surface area contributed by atoms with E-state index in [0.717, 1.165) is 18.9 Å². The van der Waals surface area contributed by atoms with Crippen LogP contribution in [0, 0.1) is 17.2 Å². The molecule has 3 rings (SSSR count). The molecule has 0 radical (unpaired) electrons. The summed E-state index contributed by atoms with van der Waals surface area (Å²) in [5, 5.41) is 14.0. The fourth-order valence-electron chi connectivity index (χ4n) is 2.96. The number of rotatable bonds is 3. The first-order chi connectivity index (χ1) is 9.22. The van der Waals surface area contributed by atoms with E-state index in [9.17, 15) is 5.26 Å². The average molecular weight is 259 g/mol. The zero-order valence-electron chi connectivity index (χ0n) is 11.5. The predicted octanol–water partition coefficient (Wildman–Crippen LogP) is 2.30. The van der Waals surface area contributed by atoms with Gasteiger partial charge in [0.05, 0.1) is 6.04 Å². The molecule has 2 N–H and O–H groups in total. The van der Waals surface area contributed by atoms with E-state index in [1.54, 1.807) is 0 Å². The monoisotopic (exact) mass is 259 g/mol. The number of nitrogens with two attached hydrogens (primary N) is 1. The molecule has 1 unspecified atom stereocenters. The summed E-state index contributed by atoms with van der Waals surface area (Å²) in [6.07, 6.45) is 6.13. The molecule has 1 aliphatic heterocycles. The third-order valence-electron chi connectivity index (χ3n) is 4.39. The van der Waals surface area contributed by atoms with Gasteiger partial charge in [-0.25, -0.2) is 4.68 Å². The molecule has 0 spiro atoms. The van der Waals surface area contributed by atoms with Gasteiger partial charge in [-0.05, 0) is 44.9 Å². The lowest BCUT2D eigenvalue weighted by Crippen LogP contribution is -2.30. The molecule has 1 saturated heterocycles. The van der Waals surface area contributed by atoms with Crippen molar-refractivity contribution in [2.45, 2.75) is 45.1 Å². The molecule has 1 aromatic rings. The number of anilines is 2. The summed E-state index contributed by atoms with van der Waals surface area (Å²) in [6.45, 7) is 4.13. The van der Waals surface area contributed by atoms with Crippen molar-refractivity contribution in [1.29, 1.82) is 5.26 Å². The minimum absolute atomic E-state index is 0.311.